The third-order valence-corrected chi connectivity index (χ3v) is 2.66. The average Bonchev–Trinajstić information content (AvgIpc) is 2.73. The summed E-state index contributed by atoms with van der Waals surface area (Å²) < 4.78 is 5.20. The smallest absolute Gasteiger partial charge is 0.371 e. The normalized spacial score (nSPS) is 11.3. The van der Waals surface area contributed by atoms with Crippen LogP contribution in [0.5, 0.6) is 0 Å². The Morgan fingerprint density at radius 2 is 2.12 bits per heavy atom. The predicted octanol–water partition coefficient (Wildman–Crippen LogP) is 2.92. The van der Waals surface area contributed by atoms with Gasteiger partial charge in [-0.05, 0) is 18.6 Å². The van der Waals surface area contributed by atoms with Crippen molar-refractivity contribution >= 4 is 28.0 Å². The summed E-state index contributed by atoms with van der Waals surface area (Å²) in [4.78, 5) is 13.8. The number of benzene rings is 1. The Balaban J connectivity index is 2.38. The molecule has 2 heterocycles. The van der Waals surface area contributed by atoms with Crippen LogP contribution in [0.15, 0.2) is 28.7 Å². The van der Waals surface area contributed by atoms with Gasteiger partial charge in [-0.1, -0.05) is 12.1 Å². The van der Waals surface area contributed by atoms with Gasteiger partial charge in [-0.2, -0.15) is 0 Å². The molecule has 16 heavy (non-hydrogen) atoms. The van der Waals surface area contributed by atoms with Gasteiger partial charge < -0.3 is 14.5 Å². The van der Waals surface area contributed by atoms with Gasteiger partial charge in [-0.3, -0.25) is 0 Å². The molecule has 0 saturated carbocycles. The summed E-state index contributed by atoms with van der Waals surface area (Å²) in [5.74, 6) is -1.09. The molecule has 4 heteroatoms. The zero-order chi connectivity index (χ0) is 11.3. The summed E-state index contributed by atoms with van der Waals surface area (Å²) in [5.41, 5.74) is 2.62. The minimum absolute atomic E-state index is 0.0382. The SMILES string of the molecule is Cc1ccc2c(c1)[nH]c1oc(C(=O)O)cc12. The number of carbonyl (C=O) groups is 1. The molecule has 0 aliphatic carbocycles. The molecular formula is C12H9NO3. The van der Waals surface area contributed by atoms with Crippen molar-refractivity contribution < 1.29 is 14.3 Å². The van der Waals surface area contributed by atoms with Crippen LogP contribution in [0.4, 0.5) is 0 Å². The summed E-state index contributed by atoms with van der Waals surface area (Å²) in [6.07, 6.45) is 0. The van der Waals surface area contributed by atoms with Crippen LogP contribution < -0.4 is 0 Å². The van der Waals surface area contributed by atoms with E-state index in [0.717, 1.165) is 21.9 Å². The fourth-order valence-electron chi connectivity index (χ4n) is 1.91. The molecule has 3 rings (SSSR count). The van der Waals surface area contributed by atoms with Gasteiger partial charge in [0.1, 0.15) is 0 Å². The summed E-state index contributed by atoms with van der Waals surface area (Å²) in [6, 6.07) is 7.50. The molecule has 0 spiro atoms. The summed E-state index contributed by atoms with van der Waals surface area (Å²) in [6.45, 7) is 2.00. The Bertz CT molecular complexity index is 706. The molecule has 2 aromatic heterocycles. The van der Waals surface area contributed by atoms with Crippen molar-refractivity contribution in [2.45, 2.75) is 6.92 Å². The second kappa shape index (κ2) is 2.88. The van der Waals surface area contributed by atoms with E-state index in [-0.39, 0.29) is 5.76 Å². The Labute approximate surface area is 90.5 Å². The first-order valence-electron chi connectivity index (χ1n) is 4.90. The van der Waals surface area contributed by atoms with Gasteiger partial charge in [-0.15, -0.1) is 0 Å². The maximum Gasteiger partial charge on any atom is 0.371 e. The van der Waals surface area contributed by atoms with Crippen molar-refractivity contribution in [2.24, 2.45) is 0 Å². The van der Waals surface area contributed by atoms with Gasteiger partial charge in [0.2, 0.25) is 11.5 Å². The number of aromatic carboxylic acids is 1. The number of nitrogens with one attached hydrogen (secondary N) is 1. The molecule has 0 fully saturated rings. The first-order chi connectivity index (χ1) is 7.65. The molecule has 0 atom stereocenters. The Hall–Kier alpha value is -2.23. The van der Waals surface area contributed by atoms with E-state index >= 15 is 0 Å². The van der Waals surface area contributed by atoms with Crippen molar-refractivity contribution in [3.8, 4) is 0 Å². The molecule has 80 valence electrons. The molecule has 4 nitrogen and oxygen atoms in total. The lowest BCUT2D eigenvalue weighted by molar-refractivity contribution is 0.0664. The highest BCUT2D eigenvalue weighted by molar-refractivity contribution is 6.07. The quantitative estimate of drug-likeness (QED) is 0.655. The van der Waals surface area contributed by atoms with Crippen LogP contribution in [0.2, 0.25) is 0 Å². The van der Waals surface area contributed by atoms with Gasteiger partial charge >= 0.3 is 5.97 Å². The average molecular weight is 215 g/mol. The zero-order valence-electron chi connectivity index (χ0n) is 8.57. The van der Waals surface area contributed by atoms with E-state index in [1.165, 1.54) is 0 Å². The topological polar surface area (TPSA) is 66.2 Å². The van der Waals surface area contributed by atoms with Gasteiger partial charge in [0.15, 0.2) is 0 Å². The van der Waals surface area contributed by atoms with Crippen LogP contribution in [0.3, 0.4) is 0 Å². The predicted molar refractivity (Wildman–Crippen MR) is 59.8 cm³/mol. The number of carboxylic acid groups (broad SMARTS) is 1. The van der Waals surface area contributed by atoms with Crippen molar-refractivity contribution in [1.82, 2.24) is 4.98 Å². The third kappa shape index (κ3) is 1.13. The maximum atomic E-state index is 10.8. The number of hydrogen-bond acceptors (Lipinski definition) is 2. The monoisotopic (exact) mass is 215 g/mol. The van der Waals surface area contributed by atoms with Crippen LogP contribution in [-0.2, 0) is 0 Å². The molecule has 0 saturated heterocycles. The van der Waals surface area contributed by atoms with Crippen molar-refractivity contribution in [3.63, 3.8) is 0 Å². The summed E-state index contributed by atoms with van der Waals surface area (Å²) in [5, 5.41) is 10.6. The van der Waals surface area contributed by atoms with Crippen LogP contribution in [0, 0.1) is 6.92 Å². The Morgan fingerprint density at radius 3 is 2.88 bits per heavy atom. The fourth-order valence-corrected chi connectivity index (χ4v) is 1.91. The van der Waals surface area contributed by atoms with Gasteiger partial charge in [0, 0.05) is 22.4 Å². The molecule has 0 amide bonds. The van der Waals surface area contributed by atoms with Crippen molar-refractivity contribution in [3.05, 3.63) is 35.6 Å². The molecule has 0 aliphatic heterocycles. The molecule has 3 aromatic rings. The van der Waals surface area contributed by atoms with Crippen LogP contribution in [-0.4, -0.2) is 16.1 Å². The number of carboxylic acids is 1. The highest BCUT2D eigenvalue weighted by atomic mass is 16.4. The molecule has 2 N–H and O–H groups in total. The highest BCUT2D eigenvalue weighted by Gasteiger charge is 2.14. The fraction of sp³-hybridized carbons (Fsp3) is 0.0833. The molecular weight excluding hydrogens is 206 g/mol. The lowest BCUT2D eigenvalue weighted by Gasteiger charge is -1.92. The van der Waals surface area contributed by atoms with E-state index in [9.17, 15) is 4.79 Å². The van der Waals surface area contributed by atoms with E-state index in [2.05, 4.69) is 4.98 Å². The number of H-pyrrole nitrogens is 1. The standard InChI is InChI=1S/C12H9NO3/c1-6-2-3-7-8-5-10(12(14)15)16-11(8)13-9(7)4-6/h2-5,13H,1H3,(H,14,15). The van der Waals surface area contributed by atoms with Crippen LogP contribution >= 0.6 is 0 Å². The highest BCUT2D eigenvalue weighted by Crippen LogP contribution is 2.28. The van der Waals surface area contributed by atoms with Gasteiger partial charge in [0.25, 0.3) is 0 Å². The summed E-state index contributed by atoms with van der Waals surface area (Å²) >= 11 is 0. The first-order valence-corrected chi connectivity index (χ1v) is 4.90. The van der Waals surface area contributed by atoms with Crippen LogP contribution in [0.1, 0.15) is 16.1 Å². The number of aromatic nitrogens is 1. The van der Waals surface area contributed by atoms with E-state index in [1.54, 1.807) is 6.07 Å². The van der Waals surface area contributed by atoms with E-state index in [1.807, 2.05) is 25.1 Å². The van der Waals surface area contributed by atoms with Gasteiger partial charge in [0.05, 0.1) is 0 Å². The van der Waals surface area contributed by atoms with E-state index in [4.69, 9.17) is 9.52 Å². The summed E-state index contributed by atoms with van der Waals surface area (Å²) in [7, 11) is 0. The molecule has 0 aliphatic rings. The van der Waals surface area contributed by atoms with Crippen LogP contribution in [0.25, 0.3) is 22.0 Å². The zero-order valence-corrected chi connectivity index (χ0v) is 8.57. The van der Waals surface area contributed by atoms with Crippen molar-refractivity contribution in [1.29, 1.82) is 0 Å². The minimum atomic E-state index is -1.05. The van der Waals surface area contributed by atoms with Gasteiger partial charge in [-0.25, -0.2) is 4.79 Å². The molecule has 0 unspecified atom stereocenters. The third-order valence-electron chi connectivity index (χ3n) is 2.66. The number of rotatable bonds is 1. The molecule has 0 bridgehead atoms. The molecule has 1 aromatic carbocycles. The number of fused-ring (bicyclic) bond motifs is 3. The molecule has 0 radical (unpaired) electrons. The number of furan rings is 1. The second-order valence-electron chi connectivity index (χ2n) is 3.83. The second-order valence-corrected chi connectivity index (χ2v) is 3.83. The number of aromatic amines is 1. The lowest BCUT2D eigenvalue weighted by Crippen LogP contribution is -1.91. The Morgan fingerprint density at radius 1 is 1.31 bits per heavy atom. The van der Waals surface area contributed by atoms with Crippen molar-refractivity contribution in [2.75, 3.05) is 0 Å². The first kappa shape index (κ1) is 9.03. The Kier molecular flexibility index (Phi) is 1.63. The minimum Gasteiger partial charge on any atom is -0.475 e. The van der Waals surface area contributed by atoms with E-state index < -0.39 is 5.97 Å². The number of aryl methyl sites for hydroxylation is 1. The largest absolute Gasteiger partial charge is 0.475 e. The van der Waals surface area contributed by atoms with E-state index in [0.29, 0.717) is 5.71 Å². The lowest BCUT2D eigenvalue weighted by atomic mass is 10.1. The number of hydrogen-bond donors (Lipinski definition) is 2. The maximum absolute atomic E-state index is 10.8.